The van der Waals surface area contributed by atoms with Crippen LogP contribution < -0.4 is 10.1 Å². The maximum absolute atomic E-state index is 10.5. The van der Waals surface area contributed by atoms with Crippen molar-refractivity contribution in [2.45, 2.75) is 37.8 Å². The Morgan fingerprint density at radius 2 is 1.89 bits per heavy atom. The highest BCUT2D eigenvalue weighted by molar-refractivity contribution is 5.29. The van der Waals surface area contributed by atoms with Gasteiger partial charge in [0.1, 0.15) is 5.75 Å². The largest absolute Gasteiger partial charge is 0.497 e. The molecule has 0 heterocycles. The predicted molar refractivity (Wildman–Crippen MR) is 72.8 cm³/mol. The van der Waals surface area contributed by atoms with Crippen LogP contribution in [0.4, 0.5) is 0 Å². The molecule has 0 unspecified atom stereocenters. The normalized spacial score (nSPS) is 25.7. The van der Waals surface area contributed by atoms with Crippen LogP contribution in [0.2, 0.25) is 0 Å². The summed E-state index contributed by atoms with van der Waals surface area (Å²) in [6, 6.07) is 8.18. The Hall–Kier alpha value is -1.06. The van der Waals surface area contributed by atoms with Crippen molar-refractivity contribution in [1.29, 1.82) is 0 Å². The van der Waals surface area contributed by atoms with Gasteiger partial charge >= 0.3 is 0 Å². The number of aliphatic hydroxyl groups is 1. The van der Waals surface area contributed by atoms with Crippen LogP contribution in [0.3, 0.4) is 0 Å². The second-order valence-corrected chi connectivity index (χ2v) is 5.06. The predicted octanol–water partition coefficient (Wildman–Crippen LogP) is 2.51. The molecule has 100 valence electrons. The lowest BCUT2D eigenvalue weighted by molar-refractivity contribution is 0.0638. The Balaban J connectivity index is 2.10. The summed E-state index contributed by atoms with van der Waals surface area (Å²) < 4.78 is 5.14. The van der Waals surface area contributed by atoms with Gasteiger partial charge in [0.25, 0.3) is 0 Å². The van der Waals surface area contributed by atoms with E-state index in [0.29, 0.717) is 12.0 Å². The molecule has 0 spiro atoms. The Bertz CT molecular complexity index is 363. The molecule has 1 aromatic rings. The molecule has 1 aliphatic carbocycles. The lowest BCUT2D eigenvalue weighted by Crippen LogP contribution is -2.39. The minimum Gasteiger partial charge on any atom is -0.497 e. The van der Waals surface area contributed by atoms with Crippen LogP contribution >= 0.6 is 0 Å². The molecule has 1 aromatic carbocycles. The van der Waals surface area contributed by atoms with Crippen molar-refractivity contribution in [3.8, 4) is 5.75 Å². The van der Waals surface area contributed by atoms with Crippen molar-refractivity contribution in [1.82, 2.24) is 5.32 Å². The smallest absolute Gasteiger partial charge is 0.118 e. The molecule has 0 saturated heterocycles. The first-order valence-electron chi connectivity index (χ1n) is 6.75. The Morgan fingerprint density at radius 3 is 2.50 bits per heavy atom. The molecule has 3 nitrogen and oxygen atoms in total. The maximum atomic E-state index is 10.5. The van der Waals surface area contributed by atoms with E-state index in [1.807, 2.05) is 31.3 Å². The minimum absolute atomic E-state index is 0.317. The van der Waals surface area contributed by atoms with Gasteiger partial charge in [-0.3, -0.25) is 0 Å². The molecule has 2 N–H and O–H groups in total. The number of ether oxygens (including phenoxy) is 1. The van der Waals surface area contributed by atoms with E-state index in [-0.39, 0.29) is 6.10 Å². The van der Waals surface area contributed by atoms with Gasteiger partial charge in [-0.1, -0.05) is 25.0 Å². The zero-order valence-corrected chi connectivity index (χ0v) is 11.2. The van der Waals surface area contributed by atoms with Crippen molar-refractivity contribution in [2.24, 2.45) is 5.92 Å². The second-order valence-electron chi connectivity index (χ2n) is 5.06. The molecule has 0 radical (unpaired) electrons. The summed E-state index contributed by atoms with van der Waals surface area (Å²) in [5.74, 6) is 1.15. The van der Waals surface area contributed by atoms with E-state index in [2.05, 4.69) is 5.32 Å². The van der Waals surface area contributed by atoms with Gasteiger partial charge < -0.3 is 15.2 Å². The standard InChI is InChI=1S/C15H23NO2/c1-16-14-6-4-3-5-13(14)15(17)11-7-9-12(18-2)10-8-11/h7-10,13-17H,3-6H2,1-2H3/t13-,14+,15-/m0/s1. The van der Waals surface area contributed by atoms with Crippen molar-refractivity contribution in [3.63, 3.8) is 0 Å². The molecule has 0 bridgehead atoms. The van der Waals surface area contributed by atoms with Crippen molar-refractivity contribution in [3.05, 3.63) is 29.8 Å². The van der Waals surface area contributed by atoms with Gasteiger partial charge in [0.2, 0.25) is 0 Å². The molecular formula is C15H23NO2. The number of methoxy groups -OCH3 is 1. The lowest BCUT2D eigenvalue weighted by atomic mass is 9.79. The lowest BCUT2D eigenvalue weighted by Gasteiger charge is -2.34. The molecule has 18 heavy (non-hydrogen) atoms. The zero-order chi connectivity index (χ0) is 13.0. The van der Waals surface area contributed by atoms with Crippen LogP contribution in [0.15, 0.2) is 24.3 Å². The Morgan fingerprint density at radius 1 is 1.22 bits per heavy atom. The summed E-state index contributed by atoms with van der Waals surface area (Å²) in [5, 5.41) is 13.9. The Kier molecular flexibility index (Phi) is 4.61. The zero-order valence-electron chi connectivity index (χ0n) is 11.2. The molecule has 0 aromatic heterocycles. The quantitative estimate of drug-likeness (QED) is 0.861. The van der Waals surface area contributed by atoms with Gasteiger partial charge in [0.05, 0.1) is 13.2 Å². The van der Waals surface area contributed by atoms with E-state index in [1.165, 1.54) is 12.8 Å². The second kappa shape index (κ2) is 6.21. The van der Waals surface area contributed by atoms with Gasteiger partial charge in [-0.15, -0.1) is 0 Å². The molecule has 2 rings (SSSR count). The third-order valence-electron chi connectivity index (χ3n) is 4.05. The fourth-order valence-corrected chi connectivity index (χ4v) is 2.94. The van der Waals surface area contributed by atoms with Gasteiger partial charge in [-0.25, -0.2) is 0 Å². The highest BCUT2D eigenvalue weighted by Gasteiger charge is 2.30. The van der Waals surface area contributed by atoms with Crippen molar-refractivity contribution < 1.29 is 9.84 Å². The van der Waals surface area contributed by atoms with E-state index in [0.717, 1.165) is 24.2 Å². The number of nitrogens with one attached hydrogen (secondary N) is 1. The van der Waals surface area contributed by atoms with Gasteiger partial charge in [-0.05, 0) is 37.6 Å². The molecule has 0 amide bonds. The molecule has 3 heteroatoms. The van der Waals surface area contributed by atoms with Crippen LogP contribution in [0.1, 0.15) is 37.4 Å². The molecule has 0 aliphatic heterocycles. The first-order valence-corrected chi connectivity index (χ1v) is 6.75. The number of aliphatic hydroxyl groups excluding tert-OH is 1. The highest BCUT2D eigenvalue weighted by atomic mass is 16.5. The van der Waals surface area contributed by atoms with Crippen LogP contribution in [-0.2, 0) is 0 Å². The summed E-state index contributed by atoms with van der Waals surface area (Å²) in [4.78, 5) is 0. The van der Waals surface area contributed by atoms with Gasteiger partial charge in [-0.2, -0.15) is 0 Å². The average molecular weight is 249 g/mol. The highest BCUT2D eigenvalue weighted by Crippen LogP contribution is 2.35. The van der Waals surface area contributed by atoms with Crippen molar-refractivity contribution >= 4 is 0 Å². The first kappa shape index (κ1) is 13.4. The maximum Gasteiger partial charge on any atom is 0.118 e. The summed E-state index contributed by atoms with van der Waals surface area (Å²) in [7, 11) is 3.65. The molecule has 1 saturated carbocycles. The fourth-order valence-electron chi connectivity index (χ4n) is 2.94. The van der Waals surface area contributed by atoms with E-state index in [1.54, 1.807) is 7.11 Å². The van der Waals surface area contributed by atoms with E-state index in [4.69, 9.17) is 4.74 Å². The Labute approximate surface area is 109 Å². The summed E-state index contributed by atoms with van der Waals surface area (Å²) >= 11 is 0. The first-order chi connectivity index (χ1) is 8.76. The molecule has 1 aliphatic rings. The molecular weight excluding hydrogens is 226 g/mol. The van der Waals surface area contributed by atoms with E-state index < -0.39 is 0 Å². The van der Waals surface area contributed by atoms with Crippen molar-refractivity contribution in [2.75, 3.05) is 14.2 Å². The summed E-state index contributed by atoms with van der Waals surface area (Å²) in [6.07, 6.45) is 4.36. The minimum atomic E-state index is -0.381. The van der Waals surface area contributed by atoms with Crippen LogP contribution in [0, 0.1) is 5.92 Å². The van der Waals surface area contributed by atoms with Crippen LogP contribution in [0.25, 0.3) is 0 Å². The van der Waals surface area contributed by atoms with Gasteiger partial charge in [0, 0.05) is 12.0 Å². The van der Waals surface area contributed by atoms with E-state index in [9.17, 15) is 5.11 Å². The number of hydrogen-bond acceptors (Lipinski definition) is 3. The van der Waals surface area contributed by atoms with Crippen LogP contribution in [0.5, 0.6) is 5.75 Å². The summed E-state index contributed by atoms with van der Waals surface area (Å²) in [6.45, 7) is 0. The third kappa shape index (κ3) is 2.85. The fraction of sp³-hybridized carbons (Fsp3) is 0.600. The third-order valence-corrected chi connectivity index (χ3v) is 4.05. The average Bonchev–Trinajstić information content (AvgIpc) is 2.46. The molecule has 3 atom stereocenters. The number of rotatable bonds is 4. The number of benzene rings is 1. The monoisotopic (exact) mass is 249 g/mol. The SMILES string of the molecule is CN[C@@H]1CCCC[C@@H]1[C@@H](O)c1ccc(OC)cc1. The molecule has 1 fully saturated rings. The topological polar surface area (TPSA) is 41.5 Å². The summed E-state index contributed by atoms with van der Waals surface area (Å²) in [5.41, 5.74) is 0.989. The van der Waals surface area contributed by atoms with Gasteiger partial charge in [0.15, 0.2) is 0 Å². The number of hydrogen-bond donors (Lipinski definition) is 2. The van der Waals surface area contributed by atoms with Crippen LogP contribution in [-0.4, -0.2) is 25.3 Å². The van der Waals surface area contributed by atoms with E-state index >= 15 is 0 Å².